The van der Waals surface area contributed by atoms with Crippen molar-refractivity contribution in [2.45, 2.75) is 44.5 Å². The highest BCUT2D eigenvalue weighted by Crippen LogP contribution is 2.17. The van der Waals surface area contributed by atoms with Gasteiger partial charge < -0.3 is 5.32 Å². The van der Waals surface area contributed by atoms with Gasteiger partial charge in [-0.05, 0) is 37.1 Å². The van der Waals surface area contributed by atoms with Crippen LogP contribution in [-0.4, -0.2) is 44.6 Å². The van der Waals surface area contributed by atoms with Crippen molar-refractivity contribution in [3.63, 3.8) is 0 Å². The molecule has 1 atom stereocenters. The lowest BCUT2D eigenvalue weighted by Crippen LogP contribution is -2.49. The Bertz CT molecular complexity index is 643. The summed E-state index contributed by atoms with van der Waals surface area (Å²) in [4.78, 5) is 14.7. The topological polar surface area (TPSA) is 66.5 Å². The molecule has 2 rings (SSSR count). The van der Waals surface area contributed by atoms with Gasteiger partial charge in [-0.25, -0.2) is 8.42 Å². The van der Waals surface area contributed by atoms with Crippen molar-refractivity contribution >= 4 is 15.7 Å². The number of carbonyl (C=O) groups is 1. The van der Waals surface area contributed by atoms with Crippen LogP contribution < -0.4 is 5.32 Å². The Labute approximate surface area is 139 Å². The van der Waals surface area contributed by atoms with Crippen LogP contribution in [0.15, 0.2) is 24.3 Å². The van der Waals surface area contributed by atoms with Gasteiger partial charge in [-0.15, -0.1) is 0 Å². The molecule has 1 aliphatic rings. The molecule has 5 nitrogen and oxygen atoms in total. The van der Waals surface area contributed by atoms with Gasteiger partial charge in [0, 0.05) is 12.8 Å². The molecular weight excluding hydrogens is 312 g/mol. The molecule has 128 valence electrons. The van der Waals surface area contributed by atoms with E-state index >= 15 is 0 Å². The first-order valence-corrected chi connectivity index (χ1v) is 10.2. The zero-order valence-corrected chi connectivity index (χ0v) is 14.7. The molecule has 1 fully saturated rings. The van der Waals surface area contributed by atoms with Crippen LogP contribution >= 0.6 is 0 Å². The summed E-state index contributed by atoms with van der Waals surface area (Å²) in [6.07, 6.45) is 4.35. The second-order valence-corrected chi connectivity index (χ2v) is 8.34. The van der Waals surface area contributed by atoms with Gasteiger partial charge in [0.25, 0.3) is 0 Å². The summed E-state index contributed by atoms with van der Waals surface area (Å²) in [5.41, 5.74) is 1.62. The zero-order valence-electron chi connectivity index (χ0n) is 13.9. The van der Waals surface area contributed by atoms with Crippen molar-refractivity contribution in [2.24, 2.45) is 0 Å². The Kier molecular flexibility index (Phi) is 6.18. The van der Waals surface area contributed by atoms with E-state index in [2.05, 4.69) is 17.1 Å². The molecule has 0 aliphatic carbocycles. The van der Waals surface area contributed by atoms with Gasteiger partial charge in [0.05, 0.1) is 11.8 Å². The maximum absolute atomic E-state index is 12.5. The van der Waals surface area contributed by atoms with Crippen molar-refractivity contribution in [3.05, 3.63) is 35.4 Å². The highest BCUT2D eigenvalue weighted by molar-refractivity contribution is 7.89. The summed E-state index contributed by atoms with van der Waals surface area (Å²) in [6, 6.07) is 7.31. The highest BCUT2D eigenvalue weighted by Gasteiger charge is 2.27. The fraction of sp³-hybridized carbons (Fsp3) is 0.588. The summed E-state index contributed by atoms with van der Waals surface area (Å²) in [5.74, 6) is 0.0459. The Hall–Kier alpha value is -1.40. The third kappa shape index (κ3) is 5.32. The molecule has 23 heavy (non-hydrogen) atoms. The van der Waals surface area contributed by atoms with Crippen LogP contribution in [0.2, 0.25) is 0 Å². The fourth-order valence-corrected chi connectivity index (χ4v) is 3.97. The number of likely N-dealkylation sites (tertiary alicyclic amines) is 1. The Morgan fingerprint density at radius 1 is 1.26 bits per heavy atom. The van der Waals surface area contributed by atoms with Crippen LogP contribution in [0.25, 0.3) is 0 Å². The molecule has 1 saturated heterocycles. The third-order valence-electron chi connectivity index (χ3n) is 4.31. The van der Waals surface area contributed by atoms with E-state index in [1.165, 1.54) is 6.26 Å². The van der Waals surface area contributed by atoms with Gasteiger partial charge in [0.2, 0.25) is 5.91 Å². The van der Waals surface area contributed by atoms with Crippen molar-refractivity contribution in [1.29, 1.82) is 0 Å². The smallest absolute Gasteiger partial charge is 0.237 e. The van der Waals surface area contributed by atoms with Crippen LogP contribution in [0.5, 0.6) is 0 Å². The third-order valence-corrected chi connectivity index (χ3v) is 5.15. The number of benzene rings is 1. The monoisotopic (exact) mass is 338 g/mol. The average molecular weight is 338 g/mol. The van der Waals surface area contributed by atoms with Crippen LogP contribution in [0, 0.1) is 0 Å². The van der Waals surface area contributed by atoms with Gasteiger partial charge in [-0.2, -0.15) is 0 Å². The number of piperidine rings is 1. The number of amides is 1. The summed E-state index contributed by atoms with van der Waals surface area (Å²) in [7, 11) is -3.09. The molecule has 0 aromatic heterocycles. The van der Waals surface area contributed by atoms with Crippen molar-refractivity contribution in [1.82, 2.24) is 10.2 Å². The molecule has 1 aromatic rings. The molecule has 0 saturated carbocycles. The van der Waals surface area contributed by atoms with E-state index < -0.39 is 9.84 Å². The second-order valence-electron chi connectivity index (χ2n) is 6.20. The average Bonchev–Trinajstić information content (AvgIpc) is 2.52. The van der Waals surface area contributed by atoms with E-state index in [0.717, 1.165) is 43.5 Å². The summed E-state index contributed by atoms with van der Waals surface area (Å²) >= 11 is 0. The number of nitrogens with one attached hydrogen (secondary N) is 1. The number of likely N-dealkylation sites (N-methyl/N-ethyl adjacent to an activating group) is 1. The lowest BCUT2D eigenvalue weighted by atomic mass is 10.0. The van der Waals surface area contributed by atoms with E-state index in [-0.39, 0.29) is 17.7 Å². The van der Waals surface area contributed by atoms with Gasteiger partial charge in [-0.1, -0.05) is 37.6 Å². The predicted octanol–water partition coefficient (Wildman–Crippen LogP) is 1.72. The normalized spacial score (nSPS) is 19.5. The molecule has 1 amide bonds. The van der Waals surface area contributed by atoms with Gasteiger partial charge in [0.15, 0.2) is 9.84 Å². The molecule has 0 radical (unpaired) electrons. The van der Waals surface area contributed by atoms with E-state index in [9.17, 15) is 13.2 Å². The summed E-state index contributed by atoms with van der Waals surface area (Å²) in [5, 5.41) is 2.98. The lowest BCUT2D eigenvalue weighted by molar-refractivity contribution is -0.127. The Balaban J connectivity index is 2.01. The number of nitrogens with zero attached hydrogens (tertiary/aromatic N) is 1. The molecule has 1 aliphatic heterocycles. The molecule has 1 aromatic carbocycles. The number of carbonyl (C=O) groups excluding carboxylic acids is 1. The largest absolute Gasteiger partial charge is 0.351 e. The molecule has 0 bridgehead atoms. The molecule has 1 N–H and O–H groups in total. The van der Waals surface area contributed by atoms with Crippen molar-refractivity contribution in [2.75, 3.05) is 19.3 Å². The maximum atomic E-state index is 12.5. The fourth-order valence-electron chi connectivity index (χ4n) is 3.12. The first kappa shape index (κ1) is 17.9. The van der Waals surface area contributed by atoms with Crippen molar-refractivity contribution < 1.29 is 13.2 Å². The van der Waals surface area contributed by atoms with E-state index in [1.54, 1.807) is 0 Å². The van der Waals surface area contributed by atoms with Crippen LogP contribution in [0.1, 0.15) is 37.3 Å². The van der Waals surface area contributed by atoms with Crippen LogP contribution in [0.4, 0.5) is 0 Å². The Morgan fingerprint density at radius 3 is 2.61 bits per heavy atom. The van der Waals surface area contributed by atoms with Crippen molar-refractivity contribution in [3.8, 4) is 0 Å². The molecular formula is C17H26N2O3S. The zero-order chi connectivity index (χ0) is 16.9. The standard InChI is InChI=1S/C17H26N2O3S/c1-3-19-11-7-6-10-16(19)17(20)18-12-14-8-4-5-9-15(14)13-23(2,21)22/h4-5,8-9,16H,3,6-7,10-13H2,1-2H3,(H,18,20). The lowest BCUT2D eigenvalue weighted by Gasteiger charge is -2.33. The second kappa shape index (κ2) is 7.93. The van der Waals surface area contributed by atoms with E-state index in [1.807, 2.05) is 24.3 Å². The van der Waals surface area contributed by atoms with Gasteiger partial charge >= 0.3 is 0 Å². The van der Waals surface area contributed by atoms with Gasteiger partial charge in [-0.3, -0.25) is 9.69 Å². The maximum Gasteiger partial charge on any atom is 0.237 e. The molecule has 1 unspecified atom stereocenters. The van der Waals surface area contributed by atoms with E-state index in [4.69, 9.17) is 0 Å². The van der Waals surface area contributed by atoms with Crippen LogP contribution in [-0.2, 0) is 26.9 Å². The minimum atomic E-state index is -3.09. The van der Waals surface area contributed by atoms with E-state index in [0.29, 0.717) is 6.54 Å². The number of sulfone groups is 1. The molecule has 0 spiro atoms. The first-order chi connectivity index (χ1) is 10.9. The predicted molar refractivity (Wildman–Crippen MR) is 91.7 cm³/mol. The first-order valence-electron chi connectivity index (χ1n) is 8.17. The minimum absolute atomic E-state index is 0.00353. The SMILES string of the molecule is CCN1CCCCC1C(=O)NCc1ccccc1CS(C)(=O)=O. The quantitative estimate of drug-likeness (QED) is 0.858. The highest BCUT2D eigenvalue weighted by atomic mass is 32.2. The van der Waals surface area contributed by atoms with Gasteiger partial charge in [0.1, 0.15) is 0 Å². The number of hydrogen-bond donors (Lipinski definition) is 1. The Morgan fingerprint density at radius 2 is 1.96 bits per heavy atom. The van der Waals surface area contributed by atoms with Crippen LogP contribution in [0.3, 0.4) is 0 Å². The number of hydrogen-bond acceptors (Lipinski definition) is 4. The number of rotatable bonds is 6. The summed E-state index contributed by atoms with van der Waals surface area (Å²) < 4.78 is 23.1. The molecule has 6 heteroatoms. The summed E-state index contributed by atoms with van der Waals surface area (Å²) in [6.45, 7) is 4.30. The minimum Gasteiger partial charge on any atom is -0.351 e. The molecule has 1 heterocycles.